The number of hydrogen-bond donors (Lipinski definition) is 1. The summed E-state index contributed by atoms with van der Waals surface area (Å²) >= 11 is 0. The standard InChI is InChI=1S/C22H20N2O3S/c1-16-14-17-8-5-6-13-21(17)24(16)28(26,27)20-12-7-9-18(15-20)22(25)23-19-10-3-2-4-11-19/h2-13,15-16H,14H2,1H3,(H,23,25). The molecule has 0 saturated heterocycles. The number of carbonyl (C=O) groups excluding carboxylic acids is 1. The van der Waals surface area contributed by atoms with Gasteiger partial charge in [-0.15, -0.1) is 0 Å². The second-order valence-electron chi connectivity index (χ2n) is 6.83. The van der Waals surface area contributed by atoms with Gasteiger partial charge in [-0.3, -0.25) is 9.10 Å². The van der Waals surface area contributed by atoms with E-state index in [1.165, 1.54) is 16.4 Å². The molecular weight excluding hydrogens is 372 g/mol. The van der Waals surface area contributed by atoms with Crippen LogP contribution in [-0.2, 0) is 16.4 Å². The lowest BCUT2D eigenvalue weighted by Gasteiger charge is -2.24. The van der Waals surface area contributed by atoms with Crippen molar-refractivity contribution >= 4 is 27.3 Å². The molecule has 1 unspecified atom stereocenters. The smallest absolute Gasteiger partial charge is 0.264 e. The highest BCUT2D eigenvalue weighted by atomic mass is 32.2. The molecule has 1 atom stereocenters. The Labute approximate surface area is 164 Å². The van der Waals surface area contributed by atoms with Crippen LogP contribution in [0.15, 0.2) is 83.8 Å². The van der Waals surface area contributed by atoms with Crippen molar-refractivity contribution in [3.05, 3.63) is 90.0 Å². The van der Waals surface area contributed by atoms with Gasteiger partial charge in [-0.1, -0.05) is 42.5 Å². The zero-order valence-electron chi connectivity index (χ0n) is 15.4. The molecule has 6 heteroatoms. The maximum atomic E-state index is 13.3. The lowest BCUT2D eigenvalue weighted by Crippen LogP contribution is -2.35. The predicted octanol–water partition coefficient (Wildman–Crippen LogP) is 4.08. The number of rotatable bonds is 4. The fourth-order valence-electron chi connectivity index (χ4n) is 3.54. The Kier molecular flexibility index (Phi) is 4.65. The quantitative estimate of drug-likeness (QED) is 0.728. The third-order valence-electron chi connectivity index (χ3n) is 4.83. The molecule has 1 N–H and O–H groups in total. The molecule has 0 saturated carbocycles. The lowest BCUT2D eigenvalue weighted by molar-refractivity contribution is 0.102. The number of amides is 1. The van der Waals surface area contributed by atoms with Crippen molar-refractivity contribution in [3.63, 3.8) is 0 Å². The zero-order valence-corrected chi connectivity index (χ0v) is 16.2. The fourth-order valence-corrected chi connectivity index (χ4v) is 5.28. The van der Waals surface area contributed by atoms with Crippen LogP contribution in [0, 0.1) is 0 Å². The van der Waals surface area contributed by atoms with E-state index in [0.717, 1.165) is 5.56 Å². The van der Waals surface area contributed by atoms with Gasteiger partial charge in [-0.05, 0) is 55.3 Å². The SMILES string of the molecule is CC1Cc2ccccc2N1S(=O)(=O)c1cccc(C(=O)Nc2ccccc2)c1. The molecular formula is C22H20N2O3S. The van der Waals surface area contributed by atoms with Gasteiger partial charge in [0.2, 0.25) is 0 Å². The number of nitrogens with zero attached hydrogens (tertiary/aromatic N) is 1. The largest absolute Gasteiger partial charge is 0.322 e. The molecule has 5 nitrogen and oxygen atoms in total. The van der Waals surface area contributed by atoms with E-state index < -0.39 is 10.0 Å². The van der Waals surface area contributed by atoms with Crippen LogP contribution in [0.3, 0.4) is 0 Å². The van der Waals surface area contributed by atoms with Crippen LogP contribution in [-0.4, -0.2) is 20.4 Å². The van der Waals surface area contributed by atoms with E-state index in [9.17, 15) is 13.2 Å². The van der Waals surface area contributed by atoms with Gasteiger partial charge in [-0.25, -0.2) is 8.42 Å². The van der Waals surface area contributed by atoms with Crippen molar-refractivity contribution < 1.29 is 13.2 Å². The molecule has 1 aliphatic heterocycles. The number of para-hydroxylation sites is 2. The molecule has 3 aromatic rings. The normalized spacial score (nSPS) is 15.9. The second-order valence-corrected chi connectivity index (χ2v) is 8.65. The molecule has 1 heterocycles. The highest BCUT2D eigenvalue weighted by Gasteiger charge is 2.36. The van der Waals surface area contributed by atoms with Gasteiger partial charge < -0.3 is 5.32 Å². The molecule has 0 bridgehead atoms. The van der Waals surface area contributed by atoms with Gasteiger partial charge in [-0.2, -0.15) is 0 Å². The average molecular weight is 392 g/mol. The molecule has 3 aromatic carbocycles. The van der Waals surface area contributed by atoms with Gasteiger partial charge >= 0.3 is 0 Å². The number of sulfonamides is 1. The maximum absolute atomic E-state index is 13.3. The Morgan fingerprint density at radius 3 is 2.46 bits per heavy atom. The van der Waals surface area contributed by atoms with Crippen molar-refractivity contribution in [1.82, 2.24) is 0 Å². The molecule has 28 heavy (non-hydrogen) atoms. The van der Waals surface area contributed by atoms with Crippen LogP contribution < -0.4 is 9.62 Å². The molecule has 0 aromatic heterocycles. The van der Waals surface area contributed by atoms with E-state index in [4.69, 9.17) is 0 Å². The summed E-state index contributed by atoms with van der Waals surface area (Å²) in [5, 5.41) is 2.78. The fraction of sp³-hybridized carbons (Fsp3) is 0.136. The molecule has 0 fully saturated rings. The highest BCUT2D eigenvalue weighted by molar-refractivity contribution is 7.92. The number of fused-ring (bicyclic) bond motifs is 1. The first-order valence-electron chi connectivity index (χ1n) is 9.05. The first-order valence-corrected chi connectivity index (χ1v) is 10.5. The molecule has 142 valence electrons. The number of nitrogens with one attached hydrogen (secondary N) is 1. The van der Waals surface area contributed by atoms with E-state index in [1.54, 1.807) is 24.3 Å². The average Bonchev–Trinajstić information content (AvgIpc) is 3.05. The van der Waals surface area contributed by atoms with Crippen LogP contribution in [0.25, 0.3) is 0 Å². The summed E-state index contributed by atoms with van der Waals surface area (Å²) in [6.45, 7) is 1.89. The van der Waals surface area contributed by atoms with Gasteiger partial charge in [0.15, 0.2) is 0 Å². The summed E-state index contributed by atoms with van der Waals surface area (Å²) in [5.41, 5.74) is 2.67. The van der Waals surface area contributed by atoms with Crippen molar-refractivity contribution in [1.29, 1.82) is 0 Å². The van der Waals surface area contributed by atoms with Crippen molar-refractivity contribution in [2.24, 2.45) is 0 Å². The molecule has 1 amide bonds. The molecule has 0 radical (unpaired) electrons. The van der Waals surface area contributed by atoms with Gasteiger partial charge in [0, 0.05) is 17.3 Å². The van der Waals surface area contributed by atoms with Gasteiger partial charge in [0.1, 0.15) is 0 Å². The number of anilines is 2. The van der Waals surface area contributed by atoms with E-state index in [1.807, 2.05) is 49.4 Å². The number of carbonyl (C=O) groups is 1. The Hall–Kier alpha value is -3.12. The summed E-state index contributed by atoms with van der Waals surface area (Å²) in [4.78, 5) is 12.7. The second kappa shape index (κ2) is 7.13. The zero-order chi connectivity index (χ0) is 19.7. The van der Waals surface area contributed by atoms with Crippen molar-refractivity contribution in [2.45, 2.75) is 24.3 Å². The highest BCUT2D eigenvalue weighted by Crippen LogP contribution is 2.36. The Morgan fingerprint density at radius 2 is 1.68 bits per heavy atom. The van der Waals surface area contributed by atoms with Crippen LogP contribution in [0.2, 0.25) is 0 Å². The third kappa shape index (κ3) is 3.27. The summed E-state index contributed by atoms with van der Waals surface area (Å²) in [5.74, 6) is -0.349. The minimum Gasteiger partial charge on any atom is -0.322 e. The number of hydrogen-bond acceptors (Lipinski definition) is 3. The first kappa shape index (κ1) is 18.3. The van der Waals surface area contributed by atoms with E-state index in [0.29, 0.717) is 23.4 Å². The summed E-state index contributed by atoms with van der Waals surface area (Å²) < 4.78 is 28.1. The van der Waals surface area contributed by atoms with Crippen LogP contribution in [0.4, 0.5) is 11.4 Å². The van der Waals surface area contributed by atoms with E-state index >= 15 is 0 Å². The predicted molar refractivity (Wildman–Crippen MR) is 110 cm³/mol. The maximum Gasteiger partial charge on any atom is 0.264 e. The van der Waals surface area contributed by atoms with E-state index in [-0.39, 0.29) is 16.8 Å². The Morgan fingerprint density at radius 1 is 0.964 bits per heavy atom. The summed E-state index contributed by atoms with van der Waals surface area (Å²) in [7, 11) is -3.78. The monoisotopic (exact) mass is 392 g/mol. The van der Waals surface area contributed by atoms with Gasteiger partial charge in [0.05, 0.1) is 10.6 Å². The number of benzene rings is 3. The van der Waals surface area contributed by atoms with Crippen molar-refractivity contribution in [3.8, 4) is 0 Å². The summed E-state index contributed by atoms with van der Waals surface area (Å²) in [6, 6.07) is 22.6. The minimum absolute atomic E-state index is 0.108. The third-order valence-corrected chi connectivity index (χ3v) is 6.75. The Bertz CT molecular complexity index is 1130. The first-order chi connectivity index (χ1) is 13.5. The molecule has 1 aliphatic rings. The molecule has 4 rings (SSSR count). The topological polar surface area (TPSA) is 66.5 Å². The van der Waals surface area contributed by atoms with Crippen LogP contribution in [0.1, 0.15) is 22.8 Å². The van der Waals surface area contributed by atoms with Crippen LogP contribution in [0.5, 0.6) is 0 Å². The minimum atomic E-state index is -3.78. The van der Waals surface area contributed by atoms with Gasteiger partial charge in [0.25, 0.3) is 15.9 Å². The van der Waals surface area contributed by atoms with E-state index in [2.05, 4.69) is 5.32 Å². The molecule has 0 aliphatic carbocycles. The lowest BCUT2D eigenvalue weighted by atomic mass is 10.1. The Balaban J connectivity index is 1.66. The molecule has 0 spiro atoms. The van der Waals surface area contributed by atoms with Crippen molar-refractivity contribution in [2.75, 3.05) is 9.62 Å². The van der Waals surface area contributed by atoms with Crippen LogP contribution >= 0.6 is 0 Å². The summed E-state index contributed by atoms with van der Waals surface area (Å²) in [6.07, 6.45) is 0.670.